The summed E-state index contributed by atoms with van der Waals surface area (Å²) in [7, 11) is 0.398. The van der Waals surface area contributed by atoms with Crippen LogP contribution in [0.15, 0.2) is 12.1 Å². The standard InChI is InChI=1S/C17H23ClN2O5S/c1-19(2)20(13-4-7-26(22,23)11-13)16(21)10-12-8-14(18)17-15(9-12)24-5-3-6-25-17/h8-9,13H,3-7,10-11H2,1-2H3. The van der Waals surface area contributed by atoms with Gasteiger partial charge in [-0.05, 0) is 24.1 Å². The highest BCUT2D eigenvalue weighted by Gasteiger charge is 2.36. The molecule has 1 fully saturated rings. The first-order chi connectivity index (χ1) is 12.3. The van der Waals surface area contributed by atoms with Crippen LogP contribution in [0.1, 0.15) is 18.4 Å². The molecule has 0 N–H and O–H groups in total. The van der Waals surface area contributed by atoms with Gasteiger partial charge in [0.2, 0.25) is 5.91 Å². The van der Waals surface area contributed by atoms with Gasteiger partial charge >= 0.3 is 0 Å². The van der Waals surface area contributed by atoms with E-state index in [2.05, 4.69) is 0 Å². The molecule has 2 aliphatic heterocycles. The minimum Gasteiger partial charge on any atom is -0.489 e. The van der Waals surface area contributed by atoms with E-state index < -0.39 is 9.84 Å². The van der Waals surface area contributed by atoms with Crippen LogP contribution in [0.2, 0.25) is 5.02 Å². The monoisotopic (exact) mass is 402 g/mol. The van der Waals surface area contributed by atoms with Crippen molar-refractivity contribution >= 4 is 27.3 Å². The van der Waals surface area contributed by atoms with Gasteiger partial charge in [0.25, 0.3) is 0 Å². The molecular formula is C17H23ClN2O5S. The highest BCUT2D eigenvalue weighted by atomic mass is 35.5. The molecule has 2 aliphatic rings. The Hall–Kier alpha value is -1.51. The zero-order valence-corrected chi connectivity index (χ0v) is 16.5. The number of hydrazine groups is 1. The molecule has 2 heterocycles. The molecule has 1 saturated heterocycles. The van der Waals surface area contributed by atoms with Crippen molar-refractivity contribution in [3.8, 4) is 11.5 Å². The van der Waals surface area contributed by atoms with Crippen molar-refractivity contribution in [3.63, 3.8) is 0 Å². The maximum absolute atomic E-state index is 12.9. The van der Waals surface area contributed by atoms with Crippen LogP contribution < -0.4 is 9.47 Å². The molecular weight excluding hydrogens is 380 g/mol. The fourth-order valence-electron chi connectivity index (χ4n) is 3.36. The van der Waals surface area contributed by atoms with Gasteiger partial charge in [-0.1, -0.05) is 11.6 Å². The summed E-state index contributed by atoms with van der Waals surface area (Å²) >= 11 is 6.29. The predicted molar refractivity (Wildman–Crippen MR) is 98.4 cm³/mol. The molecule has 1 amide bonds. The first-order valence-corrected chi connectivity index (χ1v) is 10.7. The van der Waals surface area contributed by atoms with Gasteiger partial charge < -0.3 is 9.47 Å². The molecule has 1 unspecified atom stereocenters. The molecule has 1 aromatic carbocycles. The normalized spacial score (nSPS) is 21.5. The number of halogens is 1. The van der Waals surface area contributed by atoms with Crippen LogP contribution in [-0.4, -0.2) is 69.2 Å². The number of carbonyl (C=O) groups is 1. The lowest BCUT2D eigenvalue weighted by molar-refractivity contribution is -0.148. The van der Waals surface area contributed by atoms with E-state index in [1.165, 1.54) is 5.01 Å². The Labute approximate surface area is 158 Å². The van der Waals surface area contributed by atoms with Gasteiger partial charge in [-0.15, -0.1) is 0 Å². The molecule has 0 spiro atoms. The molecule has 26 heavy (non-hydrogen) atoms. The molecule has 0 aliphatic carbocycles. The molecule has 1 aromatic rings. The van der Waals surface area contributed by atoms with Crippen LogP contribution in [0.3, 0.4) is 0 Å². The summed E-state index contributed by atoms with van der Waals surface area (Å²) in [5.74, 6) is 0.983. The summed E-state index contributed by atoms with van der Waals surface area (Å²) in [6.07, 6.45) is 1.32. The zero-order valence-electron chi connectivity index (χ0n) is 14.9. The number of carbonyl (C=O) groups excluding carboxylic acids is 1. The number of rotatable bonds is 4. The summed E-state index contributed by atoms with van der Waals surface area (Å²) in [6.45, 7) is 1.07. The lowest BCUT2D eigenvalue weighted by Crippen LogP contribution is -2.49. The van der Waals surface area contributed by atoms with E-state index >= 15 is 0 Å². The first-order valence-electron chi connectivity index (χ1n) is 8.54. The highest BCUT2D eigenvalue weighted by molar-refractivity contribution is 7.91. The van der Waals surface area contributed by atoms with Gasteiger partial charge in [-0.25, -0.2) is 13.4 Å². The van der Waals surface area contributed by atoms with E-state index in [-0.39, 0.29) is 29.9 Å². The highest BCUT2D eigenvalue weighted by Crippen LogP contribution is 2.38. The molecule has 0 saturated carbocycles. The van der Waals surface area contributed by atoms with Crippen molar-refractivity contribution in [2.24, 2.45) is 0 Å². The SMILES string of the molecule is CN(C)N(C(=O)Cc1cc(Cl)c2c(c1)OCCCO2)C1CCS(=O)(=O)C1. The predicted octanol–water partition coefficient (Wildman–Crippen LogP) is 1.54. The quantitative estimate of drug-likeness (QED) is 0.711. The Morgan fingerprint density at radius 2 is 2.00 bits per heavy atom. The van der Waals surface area contributed by atoms with Crippen LogP contribution in [-0.2, 0) is 21.1 Å². The Morgan fingerprint density at radius 1 is 1.27 bits per heavy atom. The van der Waals surface area contributed by atoms with Gasteiger partial charge in [0.15, 0.2) is 21.3 Å². The van der Waals surface area contributed by atoms with E-state index in [1.54, 1.807) is 31.2 Å². The van der Waals surface area contributed by atoms with Gasteiger partial charge in [0.1, 0.15) is 0 Å². The minimum absolute atomic E-state index is 0.00118. The van der Waals surface area contributed by atoms with Crippen molar-refractivity contribution in [3.05, 3.63) is 22.7 Å². The maximum atomic E-state index is 12.9. The van der Waals surface area contributed by atoms with E-state index in [9.17, 15) is 13.2 Å². The number of amides is 1. The van der Waals surface area contributed by atoms with E-state index in [0.717, 1.165) is 6.42 Å². The number of hydrogen-bond acceptors (Lipinski definition) is 6. The summed E-state index contributed by atoms with van der Waals surface area (Å²) in [4.78, 5) is 12.9. The van der Waals surface area contributed by atoms with Crippen molar-refractivity contribution < 1.29 is 22.7 Å². The third kappa shape index (κ3) is 4.24. The maximum Gasteiger partial charge on any atom is 0.241 e. The van der Waals surface area contributed by atoms with Crippen LogP contribution in [0.4, 0.5) is 0 Å². The van der Waals surface area contributed by atoms with Gasteiger partial charge in [0.05, 0.1) is 42.2 Å². The lowest BCUT2D eigenvalue weighted by atomic mass is 10.1. The minimum atomic E-state index is -3.08. The van der Waals surface area contributed by atoms with E-state index in [4.69, 9.17) is 21.1 Å². The van der Waals surface area contributed by atoms with Gasteiger partial charge in [-0.3, -0.25) is 9.80 Å². The Morgan fingerprint density at radius 3 is 2.65 bits per heavy atom. The average molecular weight is 403 g/mol. The second-order valence-corrected chi connectivity index (χ2v) is 9.41. The molecule has 0 aromatic heterocycles. The number of ether oxygens (including phenoxy) is 2. The molecule has 9 heteroatoms. The topological polar surface area (TPSA) is 76.2 Å². The number of benzene rings is 1. The molecule has 144 valence electrons. The fraction of sp³-hybridized carbons (Fsp3) is 0.588. The summed E-state index contributed by atoms with van der Waals surface area (Å²) < 4.78 is 34.8. The van der Waals surface area contributed by atoms with Crippen LogP contribution >= 0.6 is 11.6 Å². The number of fused-ring (bicyclic) bond motifs is 1. The first kappa shape index (κ1) is 19.3. The van der Waals surface area contributed by atoms with Crippen LogP contribution in [0.25, 0.3) is 0 Å². The van der Waals surface area contributed by atoms with Crippen molar-refractivity contribution in [2.75, 3.05) is 38.8 Å². The Kier molecular flexibility index (Phi) is 5.64. The smallest absolute Gasteiger partial charge is 0.241 e. The average Bonchev–Trinajstić information content (AvgIpc) is 2.75. The third-order valence-electron chi connectivity index (χ3n) is 4.46. The second-order valence-electron chi connectivity index (χ2n) is 6.77. The fourth-order valence-corrected chi connectivity index (χ4v) is 5.34. The van der Waals surface area contributed by atoms with Gasteiger partial charge in [-0.2, -0.15) is 0 Å². The second kappa shape index (κ2) is 7.62. The summed E-state index contributed by atoms with van der Waals surface area (Å²) in [6, 6.07) is 3.13. The number of hydrogen-bond donors (Lipinski definition) is 0. The number of nitrogens with zero attached hydrogens (tertiary/aromatic N) is 2. The number of sulfone groups is 1. The van der Waals surface area contributed by atoms with Crippen LogP contribution in [0.5, 0.6) is 11.5 Å². The van der Waals surface area contributed by atoms with E-state index in [0.29, 0.717) is 41.7 Å². The molecule has 0 radical (unpaired) electrons. The van der Waals surface area contributed by atoms with Crippen molar-refractivity contribution in [1.29, 1.82) is 0 Å². The molecule has 3 rings (SSSR count). The third-order valence-corrected chi connectivity index (χ3v) is 6.49. The van der Waals surface area contributed by atoms with Crippen molar-refractivity contribution in [2.45, 2.75) is 25.3 Å². The summed E-state index contributed by atoms with van der Waals surface area (Å²) in [5.41, 5.74) is 0.706. The van der Waals surface area contributed by atoms with Crippen molar-refractivity contribution in [1.82, 2.24) is 10.0 Å². The zero-order chi connectivity index (χ0) is 18.9. The largest absolute Gasteiger partial charge is 0.489 e. The molecule has 0 bridgehead atoms. The molecule has 7 nitrogen and oxygen atoms in total. The van der Waals surface area contributed by atoms with Gasteiger partial charge in [0, 0.05) is 20.5 Å². The Balaban J connectivity index is 1.79. The van der Waals surface area contributed by atoms with E-state index in [1.807, 2.05) is 0 Å². The summed E-state index contributed by atoms with van der Waals surface area (Å²) in [5, 5.41) is 3.59. The molecule has 1 atom stereocenters. The Bertz CT molecular complexity index is 797. The van der Waals surface area contributed by atoms with Crippen LogP contribution in [0, 0.1) is 0 Å². The lowest BCUT2D eigenvalue weighted by Gasteiger charge is -2.34.